The van der Waals surface area contributed by atoms with Gasteiger partial charge in [0.05, 0.1) is 38.4 Å². The average molecular weight is 336 g/mol. The number of furan rings is 1. The minimum Gasteiger partial charge on any atom is -0.467 e. The standard InChI is InChI=1S/C14H21N7O3/c1-20(2)7-4-6-16-14-18-12(15)11(21(22)23)13(19-14)17-9-10-5-3-8-24-10/h3,5,8H,4,6-7,9H2,1-2H3,(H4,15,16,17,18,19)/p+1. The molecule has 0 bridgehead atoms. The van der Waals surface area contributed by atoms with E-state index in [2.05, 4.69) is 34.7 Å². The van der Waals surface area contributed by atoms with Crippen LogP contribution in [0.3, 0.4) is 0 Å². The average Bonchev–Trinajstić information content (AvgIpc) is 3.02. The van der Waals surface area contributed by atoms with E-state index in [0.29, 0.717) is 12.3 Å². The van der Waals surface area contributed by atoms with E-state index in [4.69, 9.17) is 10.2 Å². The fraction of sp³-hybridized carbons (Fsp3) is 0.429. The fourth-order valence-electron chi connectivity index (χ4n) is 2.08. The molecule has 2 aromatic rings. The molecule has 0 saturated heterocycles. The van der Waals surface area contributed by atoms with Crippen LogP contribution in [0.5, 0.6) is 0 Å². The molecular weight excluding hydrogens is 314 g/mol. The van der Waals surface area contributed by atoms with Crippen LogP contribution in [0.2, 0.25) is 0 Å². The van der Waals surface area contributed by atoms with Gasteiger partial charge in [0.1, 0.15) is 5.76 Å². The number of nitro groups is 1. The first-order valence-electron chi connectivity index (χ1n) is 7.58. The first kappa shape index (κ1) is 17.5. The highest BCUT2D eigenvalue weighted by Gasteiger charge is 2.23. The molecule has 0 fully saturated rings. The topological polar surface area (TPSA) is 137 Å². The van der Waals surface area contributed by atoms with E-state index in [0.717, 1.165) is 13.0 Å². The van der Waals surface area contributed by atoms with Crippen LogP contribution in [0, 0.1) is 10.1 Å². The Hall–Kier alpha value is -2.88. The van der Waals surface area contributed by atoms with E-state index in [1.54, 1.807) is 12.1 Å². The third-order valence-corrected chi connectivity index (χ3v) is 3.24. The minimum absolute atomic E-state index is 0.0598. The molecule has 2 heterocycles. The summed E-state index contributed by atoms with van der Waals surface area (Å²) in [6.07, 6.45) is 2.44. The molecular formula is C14H22N7O3+. The maximum absolute atomic E-state index is 11.2. The molecule has 130 valence electrons. The summed E-state index contributed by atoms with van der Waals surface area (Å²) in [6, 6.07) is 3.49. The Morgan fingerprint density at radius 3 is 2.79 bits per heavy atom. The number of nitrogens with zero attached hydrogens (tertiary/aromatic N) is 3. The second-order valence-corrected chi connectivity index (χ2v) is 5.56. The van der Waals surface area contributed by atoms with Crippen molar-refractivity contribution in [3.8, 4) is 0 Å². The van der Waals surface area contributed by atoms with Crippen LogP contribution < -0.4 is 21.3 Å². The van der Waals surface area contributed by atoms with E-state index in [1.165, 1.54) is 11.2 Å². The quantitative estimate of drug-likeness (QED) is 0.288. The molecule has 5 N–H and O–H groups in total. The number of rotatable bonds is 9. The highest BCUT2D eigenvalue weighted by Crippen LogP contribution is 2.29. The lowest BCUT2D eigenvalue weighted by atomic mass is 10.4. The molecule has 0 aliphatic heterocycles. The van der Waals surface area contributed by atoms with Crippen LogP contribution in [0.1, 0.15) is 12.2 Å². The number of nitrogens with two attached hydrogens (primary N) is 1. The van der Waals surface area contributed by atoms with Crippen molar-refractivity contribution in [3.05, 3.63) is 34.3 Å². The van der Waals surface area contributed by atoms with Gasteiger partial charge in [-0.2, -0.15) is 9.97 Å². The Balaban J connectivity index is 2.10. The van der Waals surface area contributed by atoms with Crippen molar-refractivity contribution in [1.82, 2.24) is 9.97 Å². The van der Waals surface area contributed by atoms with Crippen molar-refractivity contribution in [3.63, 3.8) is 0 Å². The summed E-state index contributed by atoms with van der Waals surface area (Å²) in [5.74, 6) is 0.765. The van der Waals surface area contributed by atoms with Crippen molar-refractivity contribution in [2.45, 2.75) is 13.0 Å². The van der Waals surface area contributed by atoms with Gasteiger partial charge in [0, 0.05) is 13.0 Å². The predicted molar refractivity (Wildman–Crippen MR) is 89.9 cm³/mol. The van der Waals surface area contributed by atoms with Crippen molar-refractivity contribution in [1.29, 1.82) is 0 Å². The number of quaternary nitrogens is 1. The zero-order chi connectivity index (χ0) is 17.5. The van der Waals surface area contributed by atoms with E-state index in [-0.39, 0.29) is 29.8 Å². The smallest absolute Gasteiger partial charge is 0.353 e. The first-order chi connectivity index (χ1) is 11.5. The third kappa shape index (κ3) is 4.81. The normalized spacial score (nSPS) is 10.8. The number of anilines is 3. The van der Waals surface area contributed by atoms with Crippen LogP contribution in [0.15, 0.2) is 22.8 Å². The van der Waals surface area contributed by atoms with Gasteiger partial charge < -0.3 is 25.7 Å². The van der Waals surface area contributed by atoms with Crippen LogP contribution in [-0.4, -0.2) is 42.1 Å². The largest absolute Gasteiger partial charge is 0.467 e. The zero-order valence-corrected chi connectivity index (χ0v) is 13.7. The second kappa shape index (κ2) is 8.11. The van der Waals surface area contributed by atoms with E-state index in [9.17, 15) is 10.1 Å². The minimum atomic E-state index is -0.598. The molecule has 2 aromatic heterocycles. The highest BCUT2D eigenvalue weighted by molar-refractivity contribution is 5.69. The maximum atomic E-state index is 11.2. The summed E-state index contributed by atoms with van der Waals surface area (Å²) in [6.45, 7) is 1.90. The molecule has 0 aliphatic rings. The SMILES string of the molecule is C[NH+](C)CCCNc1nc(N)c([N+](=O)[O-])c(NCc2ccco2)n1. The monoisotopic (exact) mass is 336 g/mol. The Morgan fingerprint density at radius 1 is 1.38 bits per heavy atom. The van der Waals surface area contributed by atoms with Crippen LogP contribution in [0.4, 0.5) is 23.3 Å². The molecule has 0 saturated carbocycles. The number of nitrogen functional groups attached to an aromatic ring is 1. The number of nitrogens with one attached hydrogen (secondary N) is 3. The maximum Gasteiger partial charge on any atom is 0.353 e. The van der Waals surface area contributed by atoms with E-state index in [1.807, 2.05) is 0 Å². The molecule has 10 nitrogen and oxygen atoms in total. The van der Waals surface area contributed by atoms with Crippen molar-refractivity contribution in [2.75, 3.05) is 43.6 Å². The molecule has 0 aromatic carbocycles. The van der Waals surface area contributed by atoms with Crippen LogP contribution in [-0.2, 0) is 6.54 Å². The molecule has 2 rings (SSSR count). The summed E-state index contributed by atoms with van der Waals surface area (Å²) in [5, 5.41) is 17.1. The molecule has 10 heteroatoms. The fourth-order valence-corrected chi connectivity index (χ4v) is 2.08. The van der Waals surface area contributed by atoms with Crippen molar-refractivity contribution in [2.24, 2.45) is 0 Å². The first-order valence-corrected chi connectivity index (χ1v) is 7.58. The summed E-state index contributed by atoms with van der Waals surface area (Å²) < 4.78 is 5.19. The highest BCUT2D eigenvalue weighted by atomic mass is 16.6. The Labute approximate surface area is 139 Å². The predicted octanol–water partition coefficient (Wildman–Crippen LogP) is 0.119. The summed E-state index contributed by atoms with van der Waals surface area (Å²) in [5.41, 5.74) is 5.38. The molecule has 0 radical (unpaired) electrons. The molecule has 0 spiro atoms. The van der Waals surface area contributed by atoms with Crippen LogP contribution in [0.25, 0.3) is 0 Å². The zero-order valence-electron chi connectivity index (χ0n) is 13.7. The van der Waals surface area contributed by atoms with Gasteiger partial charge in [0.25, 0.3) is 0 Å². The van der Waals surface area contributed by atoms with Gasteiger partial charge in [-0.3, -0.25) is 10.1 Å². The molecule has 0 aliphatic carbocycles. The third-order valence-electron chi connectivity index (χ3n) is 3.24. The summed E-state index contributed by atoms with van der Waals surface area (Å²) >= 11 is 0. The van der Waals surface area contributed by atoms with Gasteiger partial charge in [-0.1, -0.05) is 0 Å². The van der Waals surface area contributed by atoms with Gasteiger partial charge in [-0.15, -0.1) is 0 Å². The summed E-state index contributed by atoms with van der Waals surface area (Å²) in [4.78, 5) is 20.1. The Morgan fingerprint density at radius 2 is 2.17 bits per heavy atom. The van der Waals surface area contributed by atoms with Gasteiger partial charge in [0.15, 0.2) is 0 Å². The summed E-state index contributed by atoms with van der Waals surface area (Å²) in [7, 11) is 4.13. The molecule has 0 unspecified atom stereocenters. The molecule has 0 atom stereocenters. The van der Waals surface area contributed by atoms with Gasteiger partial charge in [-0.05, 0) is 12.1 Å². The lowest BCUT2D eigenvalue weighted by molar-refractivity contribution is -0.858. The van der Waals surface area contributed by atoms with E-state index < -0.39 is 4.92 Å². The van der Waals surface area contributed by atoms with Gasteiger partial charge >= 0.3 is 5.69 Å². The van der Waals surface area contributed by atoms with Crippen molar-refractivity contribution >= 4 is 23.3 Å². The Bertz CT molecular complexity index is 673. The van der Waals surface area contributed by atoms with E-state index >= 15 is 0 Å². The number of aromatic nitrogens is 2. The second-order valence-electron chi connectivity index (χ2n) is 5.56. The number of hydrogen-bond acceptors (Lipinski definition) is 8. The number of hydrogen-bond donors (Lipinski definition) is 4. The molecule has 0 amide bonds. The van der Waals surface area contributed by atoms with Crippen LogP contribution >= 0.6 is 0 Å². The Kier molecular flexibility index (Phi) is 5.90. The molecule has 24 heavy (non-hydrogen) atoms. The van der Waals surface area contributed by atoms with Gasteiger partial charge in [0.2, 0.25) is 17.6 Å². The lowest BCUT2D eigenvalue weighted by Crippen LogP contribution is -3.05. The lowest BCUT2D eigenvalue weighted by Gasteiger charge is -2.11. The van der Waals surface area contributed by atoms with Crippen molar-refractivity contribution < 1.29 is 14.2 Å². The van der Waals surface area contributed by atoms with Gasteiger partial charge in [-0.25, -0.2) is 0 Å².